The Bertz CT molecular complexity index is 1800. The van der Waals surface area contributed by atoms with Crippen molar-refractivity contribution in [1.82, 2.24) is 14.6 Å². The topological polar surface area (TPSA) is 87.4 Å². The normalized spacial score (nSPS) is 20.9. The zero-order valence-electron chi connectivity index (χ0n) is 30.5. The summed E-state index contributed by atoms with van der Waals surface area (Å²) in [6.07, 6.45) is 3.75. The molecule has 9 nitrogen and oxygen atoms in total. The van der Waals surface area contributed by atoms with Gasteiger partial charge in [-0.1, -0.05) is 29.8 Å². The van der Waals surface area contributed by atoms with E-state index in [1.54, 1.807) is 0 Å². The number of carbonyl (C=O) groups is 1. The SMILES string of the molecule is CCOC(=O)[C@@H](OC(C)(C)C)c1c(C)nc2cc3nn2c1N1CCC(C)(CC1)OCCCC[C@H](C)Oc1ccc(C)cc1-c1cccc-3c1. The minimum absolute atomic E-state index is 0.0788. The summed E-state index contributed by atoms with van der Waals surface area (Å²) in [5, 5.41) is 5.20. The van der Waals surface area contributed by atoms with Gasteiger partial charge in [-0.3, -0.25) is 0 Å². The number of anilines is 1. The number of rotatable bonds is 4. The number of benzene rings is 2. The van der Waals surface area contributed by atoms with Crippen LogP contribution in [0.3, 0.4) is 0 Å². The molecule has 6 bridgehead atoms. The predicted octanol–water partition coefficient (Wildman–Crippen LogP) is 8.43. The molecule has 0 amide bonds. The first kappa shape index (κ1) is 34.9. The van der Waals surface area contributed by atoms with E-state index in [1.807, 2.05) is 45.2 Å². The fourth-order valence-corrected chi connectivity index (χ4v) is 6.95. The van der Waals surface area contributed by atoms with Gasteiger partial charge in [-0.05, 0) is 111 Å². The smallest absolute Gasteiger partial charge is 0.340 e. The van der Waals surface area contributed by atoms with Crippen LogP contribution < -0.4 is 9.64 Å². The van der Waals surface area contributed by atoms with E-state index in [0.29, 0.717) is 23.5 Å². The van der Waals surface area contributed by atoms with E-state index in [9.17, 15) is 4.79 Å². The second-order valence-corrected chi connectivity index (χ2v) is 14.9. The molecule has 0 N–H and O–H groups in total. The van der Waals surface area contributed by atoms with Gasteiger partial charge in [-0.15, -0.1) is 0 Å². The number of esters is 1. The maximum absolute atomic E-state index is 13.6. The van der Waals surface area contributed by atoms with Crippen LogP contribution >= 0.6 is 0 Å². The molecule has 9 heteroatoms. The Morgan fingerprint density at radius 2 is 1.82 bits per heavy atom. The van der Waals surface area contributed by atoms with Gasteiger partial charge in [0.15, 0.2) is 11.8 Å². The molecular weight excluding hydrogens is 616 g/mol. The van der Waals surface area contributed by atoms with Gasteiger partial charge in [0.25, 0.3) is 0 Å². The van der Waals surface area contributed by atoms with Gasteiger partial charge >= 0.3 is 5.97 Å². The Morgan fingerprint density at radius 1 is 1.06 bits per heavy atom. The van der Waals surface area contributed by atoms with Crippen molar-refractivity contribution in [2.24, 2.45) is 0 Å². The van der Waals surface area contributed by atoms with Crippen molar-refractivity contribution in [3.63, 3.8) is 0 Å². The number of hydrogen-bond donors (Lipinski definition) is 0. The first-order chi connectivity index (χ1) is 23.3. The number of nitrogens with zero attached hydrogens (tertiary/aromatic N) is 4. The second kappa shape index (κ2) is 14.1. The van der Waals surface area contributed by atoms with Crippen LogP contribution in [0.1, 0.15) is 96.6 Å². The molecule has 3 aliphatic rings. The van der Waals surface area contributed by atoms with Crippen molar-refractivity contribution in [2.75, 3.05) is 31.2 Å². The molecule has 2 atom stereocenters. The summed E-state index contributed by atoms with van der Waals surface area (Å²) in [7, 11) is 0. The quantitative estimate of drug-likeness (QED) is 0.200. The first-order valence-corrected chi connectivity index (χ1v) is 17.9. The van der Waals surface area contributed by atoms with E-state index in [1.165, 1.54) is 5.56 Å². The predicted molar refractivity (Wildman–Crippen MR) is 193 cm³/mol. The Kier molecular flexibility index (Phi) is 10.1. The third kappa shape index (κ3) is 7.78. The summed E-state index contributed by atoms with van der Waals surface area (Å²) >= 11 is 0. The average molecular weight is 669 g/mol. The fourth-order valence-electron chi connectivity index (χ4n) is 6.95. The fraction of sp³-hybridized carbons (Fsp3) is 0.525. The molecule has 0 unspecified atom stereocenters. The molecule has 0 radical (unpaired) electrons. The Hall–Kier alpha value is -3.95. The highest BCUT2D eigenvalue weighted by atomic mass is 16.6. The van der Waals surface area contributed by atoms with Crippen molar-refractivity contribution >= 4 is 17.4 Å². The van der Waals surface area contributed by atoms with Gasteiger partial charge in [0.05, 0.1) is 35.2 Å². The molecule has 1 saturated heterocycles. The molecule has 4 aromatic rings. The summed E-state index contributed by atoms with van der Waals surface area (Å²) in [4.78, 5) is 21.0. The van der Waals surface area contributed by atoms with E-state index in [0.717, 1.165) is 79.1 Å². The van der Waals surface area contributed by atoms with Crippen LogP contribution in [0.5, 0.6) is 5.75 Å². The van der Waals surface area contributed by atoms with Crippen molar-refractivity contribution in [2.45, 2.75) is 111 Å². The molecule has 262 valence electrons. The van der Waals surface area contributed by atoms with E-state index in [-0.39, 0.29) is 18.3 Å². The summed E-state index contributed by atoms with van der Waals surface area (Å²) in [6, 6.07) is 16.9. The van der Waals surface area contributed by atoms with Crippen LogP contribution in [0.15, 0.2) is 48.5 Å². The summed E-state index contributed by atoms with van der Waals surface area (Å²) in [6.45, 7) is 18.5. The highest BCUT2D eigenvalue weighted by Crippen LogP contribution is 2.40. The summed E-state index contributed by atoms with van der Waals surface area (Å²) in [5.74, 6) is 1.26. The number of carbonyl (C=O) groups excluding carboxylic acids is 1. The van der Waals surface area contributed by atoms with E-state index >= 15 is 0 Å². The molecule has 7 rings (SSSR count). The van der Waals surface area contributed by atoms with Gasteiger partial charge in [-0.2, -0.15) is 9.61 Å². The highest BCUT2D eigenvalue weighted by molar-refractivity contribution is 5.81. The maximum atomic E-state index is 13.6. The lowest BCUT2D eigenvalue weighted by molar-refractivity contribution is -0.166. The minimum Gasteiger partial charge on any atom is -0.490 e. The van der Waals surface area contributed by atoms with Crippen LogP contribution in [-0.4, -0.2) is 64.2 Å². The number of piperidine rings is 1. The molecule has 2 aromatic heterocycles. The lowest BCUT2D eigenvalue weighted by atomic mass is 9.92. The molecule has 2 aromatic carbocycles. The van der Waals surface area contributed by atoms with Gasteiger partial charge in [0, 0.05) is 42.6 Å². The number of fused-ring (bicyclic) bond motifs is 8. The monoisotopic (exact) mass is 668 g/mol. The molecule has 5 heterocycles. The number of aryl methyl sites for hydroxylation is 2. The van der Waals surface area contributed by atoms with Crippen LogP contribution in [0, 0.1) is 13.8 Å². The Morgan fingerprint density at radius 3 is 2.55 bits per heavy atom. The van der Waals surface area contributed by atoms with Crippen molar-refractivity contribution in [1.29, 1.82) is 0 Å². The summed E-state index contributed by atoms with van der Waals surface area (Å²) < 4.78 is 27.1. The van der Waals surface area contributed by atoms with Gasteiger partial charge in [0.1, 0.15) is 11.6 Å². The first-order valence-electron chi connectivity index (χ1n) is 17.9. The molecule has 0 spiro atoms. The van der Waals surface area contributed by atoms with Crippen LogP contribution in [-0.2, 0) is 19.0 Å². The third-order valence-electron chi connectivity index (χ3n) is 9.55. The van der Waals surface area contributed by atoms with Crippen LogP contribution in [0.4, 0.5) is 5.82 Å². The molecule has 3 aliphatic heterocycles. The largest absolute Gasteiger partial charge is 0.490 e. The van der Waals surface area contributed by atoms with Crippen molar-refractivity contribution in [3.8, 4) is 28.1 Å². The maximum Gasteiger partial charge on any atom is 0.340 e. The second-order valence-electron chi connectivity index (χ2n) is 14.9. The lowest BCUT2D eigenvalue weighted by Crippen LogP contribution is -2.46. The average Bonchev–Trinajstić information content (AvgIpc) is 3.47. The molecule has 0 saturated carbocycles. The minimum atomic E-state index is -0.972. The van der Waals surface area contributed by atoms with Crippen LogP contribution in [0.25, 0.3) is 28.0 Å². The number of ether oxygens (including phenoxy) is 4. The van der Waals surface area contributed by atoms with E-state index in [2.05, 4.69) is 68.1 Å². The zero-order chi connectivity index (χ0) is 34.9. The molecule has 49 heavy (non-hydrogen) atoms. The highest BCUT2D eigenvalue weighted by Gasteiger charge is 2.38. The standard InChI is InChI=1S/C40H52N4O5/c1-9-46-38(45)36(49-39(5,6)7)35-28(4)41-34-25-32-30-15-12-14-29(24-30)31-23-26(2)16-17-33(31)48-27(3)13-10-11-22-47-40(8)18-20-43(21-19-40)37(35)44(34)42-32/h12,14-17,23-25,27,36H,9-11,13,18-22H2,1-8H3/t27-,36-/m0/s1. The molecular formula is C40H52N4O5. The van der Waals surface area contributed by atoms with E-state index < -0.39 is 17.7 Å². The summed E-state index contributed by atoms with van der Waals surface area (Å²) in [5.41, 5.74) is 6.30. The molecule has 1 fully saturated rings. The zero-order valence-corrected chi connectivity index (χ0v) is 30.5. The van der Waals surface area contributed by atoms with Gasteiger partial charge in [-0.25, -0.2) is 9.78 Å². The Balaban J connectivity index is 1.54. The number of hydrogen-bond acceptors (Lipinski definition) is 8. The van der Waals surface area contributed by atoms with Gasteiger partial charge in [0.2, 0.25) is 0 Å². The van der Waals surface area contributed by atoms with E-state index in [4.69, 9.17) is 29.0 Å². The third-order valence-corrected chi connectivity index (χ3v) is 9.55. The van der Waals surface area contributed by atoms with Crippen molar-refractivity contribution < 1.29 is 23.7 Å². The number of aromatic nitrogens is 3. The molecule has 0 aliphatic carbocycles. The van der Waals surface area contributed by atoms with Crippen molar-refractivity contribution in [3.05, 3.63) is 65.4 Å². The van der Waals surface area contributed by atoms with Crippen LogP contribution in [0.2, 0.25) is 0 Å². The van der Waals surface area contributed by atoms with Gasteiger partial charge < -0.3 is 23.8 Å². The lowest BCUT2D eigenvalue weighted by Gasteiger charge is -2.41. The Labute approximate surface area is 290 Å².